The van der Waals surface area contributed by atoms with Gasteiger partial charge in [0.05, 0.1) is 26.3 Å². The fraction of sp³-hybridized carbons (Fsp3) is 0.333. The zero-order chi connectivity index (χ0) is 23.2. The van der Waals surface area contributed by atoms with Crippen molar-refractivity contribution in [1.29, 1.82) is 0 Å². The van der Waals surface area contributed by atoms with E-state index in [0.29, 0.717) is 29.5 Å². The highest BCUT2D eigenvalue weighted by molar-refractivity contribution is 5.94. The van der Waals surface area contributed by atoms with Crippen LogP contribution < -0.4 is 10.1 Å². The van der Waals surface area contributed by atoms with Crippen molar-refractivity contribution in [2.24, 2.45) is 5.92 Å². The van der Waals surface area contributed by atoms with E-state index in [9.17, 15) is 9.59 Å². The van der Waals surface area contributed by atoms with Gasteiger partial charge in [0.15, 0.2) is 0 Å². The van der Waals surface area contributed by atoms with E-state index in [2.05, 4.69) is 25.1 Å². The number of anilines is 1. The molecule has 172 valence electrons. The second kappa shape index (κ2) is 10.3. The van der Waals surface area contributed by atoms with E-state index >= 15 is 0 Å². The summed E-state index contributed by atoms with van der Waals surface area (Å²) in [5, 5.41) is 7.00. The Morgan fingerprint density at radius 3 is 2.39 bits per heavy atom. The van der Waals surface area contributed by atoms with Crippen molar-refractivity contribution < 1.29 is 23.6 Å². The third-order valence-corrected chi connectivity index (χ3v) is 5.71. The van der Waals surface area contributed by atoms with Crippen LogP contribution in [0, 0.1) is 5.92 Å². The molecule has 1 aliphatic heterocycles. The average molecular weight is 450 g/mol. The number of rotatable bonds is 7. The number of piperidine rings is 1. The molecule has 0 aliphatic carbocycles. The van der Waals surface area contributed by atoms with Crippen molar-refractivity contribution in [2.45, 2.75) is 19.4 Å². The van der Waals surface area contributed by atoms with Crippen LogP contribution in [0.25, 0.3) is 11.4 Å². The summed E-state index contributed by atoms with van der Waals surface area (Å²) in [4.78, 5) is 30.9. The van der Waals surface area contributed by atoms with Gasteiger partial charge in [0.2, 0.25) is 17.6 Å². The van der Waals surface area contributed by atoms with Crippen LogP contribution >= 0.6 is 0 Å². The number of ether oxygens (including phenoxy) is 2. The lowest BCUT2D eigenvalue weighted by molar-refractivity contribution is -0.121. The number of likely N-dealkylation sites (tertiary alicyclic amines) is 1. The zero-order valence-electron chi connectivity index (χ0n) is 18.6. The minimum absolute atomic E-state index is 0.0138. The van der Waals surface area contributed by atoms with Gasteiger partial charge in [0.25, 0.3) is 0 Å². The first kappa shape index (κ1) is 22.5. The van der Waals surface area contributed by atoms with Gasteiger partial charge in [-0.3, -0.25) is 9.69 Å². The Morgan fingerprint density at radius 2 is 1.76 bits per heavy atom. The van der Waals surface area contributed by atoms with Crippen molar-refractivity contribution in [1.82, 2.24) is 15.0 Å². The van der Waals surface area contributed by atoms with E-state index in [1.165, 1.54) is 7.11 Å². The Bertz CT molecular complexity index is 1090. The van der Waals surface area contributed by atoms with E-state index < -0.39 is 5.97 Å². The van der Waals surface area contributed by atoms with E-state index in [-0.39, 0.29) is 11.8 Å². The molecule has 0 unspecified atom stereocenters. The molecule has 0 spiro atoms. The molecule has 0 radical (unpaired) electrons. The Kier molecular flexibility index (Phi) is 6.99. The summed E-state index contributed by atoms with van der Waals surface area (Å²) in [6.45, 7) is 2.08. The molecule has 33 heavy (non-hydrogen) atoms. The molecule has 1 aromatic heterocycles. The normalized spacial score (nSPS) is 14.6. The molecule has 1 amide bonds. The van der Waals surface area contributed by atoms with Gasteiger partial charge in [-0.2, -0.15) is 4.98 Å². The lowest BCUT2D eigenvalue weighted by atomic mass is 9.96. The Balaban J connectivity index is 1.26. The van der Waals surface area contributed by atoms with E-state index in [4.69, 9.17) is 9.26 Å². The Morgan fingerprint density at radius 1 is 1.06 bits per heavy atom. The smallest absolute Gasteiger partial charge is 0.337 e. The highest BCUT2D eigenvalue weighted by Gasteiger charge is 2.26. The fourth-order valence-electron chi connectivity index (χ4n) is 3.77. The molecule has 1 N–H and O–H groups in total. The first-order chi connectivity index (χ1) is 16.1. The molecule has 0 saturated carbocycles. The van der Waals surface area contributed by atoms with Gasteiger partial charge in [0, 0.05) is 17.2 Å². The van der Waals surface area contributed by atoms with Gasteiger partial charge >= 0.3 is 5.97 Å². The summed E-state index contributed by atoms with van der Waals surface area (Å²) in [5.41, 5.74) is 1.97. The van der Waals surface area contributed by atoms with Crippen LogP contribution in [0.2, 0.25) is 0 Å². The van der Waals surface area contributed by atoms with Crippen LogP contribution in [0.15, 0.2) is 53.1 Å². The summed E-state index contributed by atoms with van der Waals surface area (Å²) in [6, 6.07) is 14.2. The predicted octanol–water partition coefficient (Wildman–Crippen LogP) is 3.38. The molecule has 1 aliphatic rings. The van der Waals surface area contributed by atoms with Crippen molar-refractivity contribution in [2.75, 3.05) is 32.6 Å². The quantitative estimate of drug-likeness (QED) is 0.546. The average Bonchev–Trinajstić information content (AvgIpc) is 3.33. The number of benzene rings is 2. The first-order valence-electron chi connectivity index (χ1n) is 10.7. The molecule has 1 saturated heterocycles. The van der Waals surface area contributed by atoms with Crippen LogP contribution in [0.3, 0.4) is 0 Å². The summed E-state index contributed by atoms with van der Waals surface area (Å²) in [7, 11) is 2.96. The van der Waals surface area contributed by atoms with Crippen LogP contribution in [0.1, 0.15) is 29.1 Å². The molecular formula is C24H26N4O5. The largest absolute Gasteiger partial charge is 0.497 e. The third-order valence-electron chi connectivity index (χ3n) is 5.71. The monoisotopic (exact) mass is 450 g/mol. The van der Waals surface area contributed by atoms with E-state index in [1.807, 2.05) is 24.3 Å². The van der Waals surface area contributed by atoms with Crippen molar-refractivity contribution >= 4 is 17.6 Å². The van der Waals surface area contributed by atoms with Crippen molar-refractivity contribution in [3.05, 3.63) is 60.0 Å². The number of esters is 1. The van der Waals surface area contributed by atoms with Gasteiger partial charge in [-0.05, 0) is 74.5 Å². The number of carbonyl (C=O) groups is 2. The standard InChI is InChI=1S/C24H26N4O5/c1-31-20-9-5-16(6-10-20)22-26-21(33-27-22)15-28-13-11-17(12-14-28)23(29)25-19-7-3-18(4-8-19)24(30)32-2/h3-10,17H,11-15H2,1-2H3,(H,25,29). The molecule has 0 atom stereocenters. The van der Waals surface area contributed by atoms with Crippen LogP contribution in [0.4, 0.5) is 5.69 Å². The van der Waals surface area contributed by atoms with Gasteiger partial charge in [-0.25, -0.2) is 4.79 Å². The molecule has 9 heteroatoms. The van der Waals surface area contributed by atoms with E-state index in [1.54, 1.807) is 31.4 Å². The van der Waals surface area contributed by atoms with Crippen molar-refractivity contribution in [3.8, 4) is 17.1 Å². The molecule has 2 aromatic carbocycles. The number of hydrogen-bond donors (Lipinski definition) is 1. The number of hydrogen-bond acceptors (Lipinski definition) is 8. The first-order valence-corrected chi connectivity index (χ1v) is 10.7. The maximum Gasteiger partial charge on any atom is 0.337 e. The number of nitrogens with zero attached hydrogens (tertiary/aromatic N) is 3. The summed E-state index contributed by atoms with van der Waals surface area (Å²) >= 11 is 0. The lowest BCUT2D eigenvalue weighted by Gasteiger charge is -2.30. The van der Waals surface area contributed by atoms with Gasteiger partial charge in [-0.1, -0.05) is 5.16 Å². The highest BCUT2D eigenvalue weighted by Crippen LogP contribution is 2.23. The maximum atomic E-state index is 12.6. The summed E-state index contributed by atoms with van der Waals surface area (Å²) in [5.74, 6) is 1.37. The minimum Gasteiger partial charge on any atom is -0.497 e. The second-order valence-electron chi connectivity index (χ2n) is 7.85. The number of methoxy groups -OCH3 is 2. The van der Waals surface area contributed by atoms with Crippen LogP contribution in [-0.2, 0) is 16.1 Å². The SMILES string of the molecule is COC(=O)c1ccc(NC(=O)C2CCN(Cc3nc(-c4ccc(OC)cc4)no3)CC2)cc1. The topological polar surface area (TPSA) is 107 Å². The number of amides is 1. The molecule has 2 heterocycles. The molecule has 0 bridgehead atoms. The van der Waals surface area contributed by atoms with Crippen LogP contribution in [-0.4, -0.2) is 54.2 Å². The predicted molar refractivity (Wildman–Crippen MR) is 121 cm³/mol. The molecule has 4 rings (SSSR count). The molecule has 3 aromatic rings. The number of carbonyl (C=O) groups excluding carboxylic acids is 2. The fourth-order valence-corrected chi connectivity index (χ4v) is 3.77. The van der Waals surface area contributed by atoms with E-state index in [0.717, 1.165) is 37.2 Å². The summed E-state index contributed by atoms with van der Waals surface area (Å²) in [6.07, 6.45) is 1.48. The Hall–Kier alpha value is -3.72. The Labute approximate surface area is 191 Å². The summed E-state index contributed by atoms with van der Waals surface area (Å²) < 4.78 is 15.3. The van der Waals surface area contributed by atoms with Gasteiger partial charge in [0.1, 0.15) is 5.75 Å². The minimum atomic E-state index is -0.405. The van der Waals surface area contributed by atoms with Crippen LogP contribution in [0.5, 0.6) is 5.75 Å². The maximum absolute atomic E-state index is 12.6. The molecule has 1 fully saturated rings. The zero-order valence-corrected chi connectivity index (χ0v) is 18.6. The lowest BCUT2D eigenvalue weighted by Crippen LogP contribution is -2.37. The molecular weight excluding hydrogens is 424 g/mol. The third kappa shape index (κ3) is 5.56. The highest BCUT2D eigenvalue weighted by atomic mass is 16.5. The van der Waals surface area contributed by atoms with Gasteiger partial charge in [-0.15, -0.1) is 0 Å². The number of aromatic nitrogens is 2. The molecule has 9 nitrogen and oxygen atoms in total. The van der Waals surface area contributed by atoms with Crippen molar-refractivity contribution in [3.63, 3.8) is 0 Å². The van der Waals surface area contributed by atoms with Gasteiger partial charge < -0.3 is 19.3 Å². The number of nitrogens with one attached hydrogen (secondary N) is 1. The second-order valence-corrected chi connectivity index (χ2v) is 7.85.